The molecular formula is C15H23N3O. The first kappa shape index (κ1) is 12.6. The molecule has 0 atom stereocenters. The average molecular weight is 261 g/mol. The van der Waals surface area contributed by atoms with E-state index in [-0.39, 0.29) is 0 Å². The molecule has 1 N–H and O–H groups in total. The maximum Gasteiger partial charge on any atom is 0.143 e. The van der Waals surface area contributed by atoms with Crippen LogP contribution in [-0.2, 0) is 6.42 Å². The number of likely N-dealkylation sites (N-methyl/N-ethyl adjacent to an activating group) is 1. The van der Waals surface area contributed by atoms with E-state index in [1.54, 1.807) is 0 Å². The van der Waals surface area contributed by atoms with Crippen molar-refractivity contribution >= 4 is 11.4 Å². The number of anilines is 2. The maximum atomic E-state index is 5.84. The third-order valence-electron chi connectivity index (χ3n) is 3.90. The number of hydrogen-bond acceptors (Lipinski definition) is 4. The Labute approximate surface area is 115 Å². The van der Waals surface area contributed by atoms with Gasteiger partial charge in [-0.15, -0.1) is 0 Å². The second-order valence-corrected chi connectivity index (χ2v) is 5.65. The number of benzene rings is 1. The van der Waals surface area contributed by atoms with Gasteiger partial charge in [-0.25, -0.2) is 0 Å². The molecular weight excluding hydrogens is 238 g/mol. The summed E-state index contributed by atoms with van der Waals surface area (Å²) in [6, 6.07) is 4.51. The summed E-state index contributed by atoms with van der Waals surface area (Å²) in [6.07, 6.45) is 2.38. The van der Waals surface area contributed by atoms with Gasteiger partial charge in [0.2, 0.25) is 0 Å². The van der Waals surface area contributed by atoms with Crippen LogP contribution in [0.2, 0.25) is 0 Å². The molecule has 0 aromatic heterocycles. The predicted molar refractivity (Wildman–Crippen MR) is 79.5 cm³/mol. The van der Waals surface area contributed by atoms with Crippen molar-refractivity contribution in [1.82, 2.24) is 4.90 Å². The smallest absolute Gasteiger partial charge is 0.143 e. The number of hydrogen-bond donors (Lipinski definition) is 1. The summed E-state index contributed by atoms with van der Waals surface area (Å²) in [5.41, 5.74) is 3.95. The lowest BCUT2D eigenvalue weighted by molar-refractivity contribution is 0.302. The van der Waals surface area contributed by atoms with Gasteiger partial charge in [-0.3, -0.25) is 0 Å². The van der Waals surface area contributed by atoms with E-state index in [1.807, 2.05) is 0 Å². The Morgan fingerprint density at radius 1 is 1.37 bits per heavy atom. The molecule has 0 spiro atoms. The standard InChI is InChI=1S/C15H23N3O/c1-17(2)6-7-18-8-9-19-15-10-12-4-3-5-16-13(12)11-14(15)18/h10-11,16H,3-9H2,1-2H3. The molecule has 104 valence electrons. The fourth-order valence-corrected chi connectivity index (χ4v) is 2.79. The van der Waals surface area contributed by atoms with Crippen LogP contribution in [0.3, 0.4) is 0 Å². The third kappa shape index (κ3) is 2.63. The monoisotopic (exact) mass is 261 g/mol. The number of aryl methyl sites for hydroxylation is 1. The average Bonchev–Trinajstić information content (AvgIpc) is 2.42. The van der Waals surface area contributed by atoms with Crippen molar-refractivity contribution in [3.05, 3.63) is 17.7 Å². The van der Waals surface area contributed by atoms with Crippen LogP contribution in [0.25, 0.3) is 0 Å². The zero-order chi connectivity index (χ0) is 13.2. The van der Waals surface area contributed by atoms with Crippen LogP contribution in [0.5, 0.6) is 5.75 Å². The number of fused-ring (bicyclic) bond motifs is 2. The van der Waals surface area contributed by atoms with Crippen LogP contribution >= 0.6 is 0 Å². The summed E-state index contributed by atoms with van der Waals surface area (Å²) in [7, 11) is 4.24. The molecule has 0 unspecified atom stereocenters. The van der Waals surface area contributed by atoms with Crippen LogP contribution < -0.4 is 15.0 Å². The van der Waals surface area contributed by atoms with E-state index in [1.165, 1.54) is 23.4 Å². The van der Waals surface area contributed by atoms with Gasteiger partial charge < -0.3 is 19.9 Å². The molecule has 0 bridgehead atoms. The fraction of sp³-hybridized carbons (Fsp3) is 0.600. The number of nitrogens with zero attached hydrogens (tertiary/aromatic N) is 2. The molecule has 4 heteroatoms. The first-order valence-electron chi connectivity index (χ1n) is 7.17. The molecule has 0 saturated heterocycles. The van der Waals surface area contributed by atoms with Crippen LogP contribution in [0.1, 0.15) is 12.0 Å². The van der Waals surface area contributed by atoms with Crippen LogP contribution in [0.4, 0.5) is 11.4 Å². The Balaban J connectivity index is 1.86. The van der Waals surface area contributed by atoms with Gasteiger partial charge in [-0.05, 0) is 44.6 Å². The summed E-state index contributed by atoms with van der Waals surface area (Å²) in [5, 5.41) is 3.51. The summed E-state index contributed by atoms with van der Waals surface area (Å²) in [5.74, 6) is 1.06. The zero-order valence-corrected chi connectivity index (χ0v) is 11.9. The van der Waals surface area contributed by atoms with Crippen molar-refractivity contribution in [1.29, 1.82) is 0 Å². The van der Waals surface area contributed by atoms with Crippen molar-refractivity contribution in [2.24, 2.45) is 0 Å². The summed E-state index contributed by atoms with van der Waals surface area (Å²) >= 11 is 0. The van der Waals surface area contributed by atoms with Crippen molar-refractivity contribution in [3.8, 4) is 5.75 Å². The fourth-order valence-electron chi connectivity index (χ4n) is 2.79. The largest absolute Gasteiger partial charge is 0.490 e. The lowest BCUT2D eigenvalue weighted by Gasteiger charge is -2.33. The molecule has 0 amide bonds. The second-order valence-electron chi connectivity index (χ2n) is 5.65. The van der Waals surface area contributed by atoms with Gasteiger partial charge in [-0.2, -0.15) is 0 Å². The first-order valence-corrected chi connectivity index (χ1v) is 7.17. The van der Waals surface area contributed by atoms with Crippen LogP contribution in [0.15, 0.2) is 12.1 Å². The van der Waals surface area contributed by atoms with E-state index in [2.05, 4.69) is 41.3 Å². The number of ether oxygens (including phenoxy) is 1. The lowest BCUT2D eigenvalue weighted by Crippen LogP contribution is -2.37. The van der Waals surface area contributed by atoms with Crippen LogP contribution in [-0.4, -0.2) is 51.8 Å². The zero-order valence-electron chi connectivity index (χ0n) is 11.9. The Morgan fingerprint density at radius 3 is 3.11 bits per heavy atom. The van der Waals surface area contributed by atoms with E-state index < -0.39 is 0 Å². The van der Waals surface area contributed by atoms with Gasteiger partial charge in [0.15, 0.2) is 0 Å². The highest BCUT2D eigenvalue weighted by atomic mass is 16.5. The van der Waals surface area contributed by atoms with E-state index in [4.69, 9.17) is 4.74 Å². The maximum absolute atomic E-state index is 5.84. The quantitative estimate of drug-likeness (QED) is 0.898. The van der Waals surface area contributed by atoms with Gasteiger partial charge >= 0.3 is 0 Å². The van der Waals surface area contributed by atoms with Crippen molar-refractivity contribution in [2.75, 3.05) is 57.1 Å². The highest BCUT2D eigenvalue weighted by Crippen LogP contribution is 2.38. The molecule has 2 heterocycles. The molecule has 2 aliphatic rings. The Morgan fingerprint density at radius 2 is 2.26 bits per heavy atom. The van der Waals surface area contributed by atoms with Gasteiger partial charge in [0.05, 0.1) is 12.2 Å². The second kappa shape index (κ2) is 5.29. The Kier molecular flexibility index (Phi) is 3.51. The minimum absolute atomic E-state index is 0.798. The predicted octanol–water partition coefficient (Wildman–Crippen LogP) is 1.81. The molecule has 0 aliphatic carbocycles. The molecule has 2 aliphatic heterocycles. The number of nitrogens with one attached hydrogen (secondary N) is 1. The van der Waals surface area contributed by atoms with Gasteiger partial charge in [-0.1, -0.05) is 0 Å². The van der Waals surface area contributed by atoms with E-state index >= 15 is 0 Å². The van der Waals surface area contributed by atoms with Crippen molar-refractivity contribution < 1.29 is 4.74 Å². The molecule has 0 saturated carbocycles. The third-order valence-corrected chi connectivity index (χ3v) is 3.90. The summed E-state index contributed by atoms with van der Waals surface area (Å²) in [6.45, 7) is 5.00. The van der Waals surface area contributed by atoms with Crippen LogP contribution in [0, 0.1) is 0 Å². The molecule has 0 fully saturated rings. The summed E-state index contributed by atoms with van der Waals surface area (Å²) in [4.78, 5) is 4.67. The Hall–Kier alpha value is -1.42. The van der Waals surface area contributed by atoms with E-state index in [9.17, 15) is 0 Å². The Bertz CT molecular complexity index is 459. The highest BCUT2D eigenvalue weighted by molar-refractivity contribution is 5.71. The minimum Gasteiger partial charge on any atom is -0.490 e. The van der Waals surface area contributed by atoms with Gasteiger partial charge in [0.25, 0.3) is 0 Å². The lowest BCUT2D eigenvalue weighted by atomic mass is 10.0. The molecule has 3 rings (SSSR count). The minimum atomic E-state index is 0.798. The molecule has 1 aromatic rings. The molecule has 1 aromatic carbocycles. The van der Waals surface area contributed by atoms with E-state index in [0.29, 0.717) is 0 Å². The van der Waals surface area contributed by atoms with Crippen molar-refractivity contribution in [2.45, 2.75) is 12.8 Å². The van der Waals surface area contributed by atoms with Crippen molar-refractivity contribution in [3.63, 3.8) is 0 Å². The first-order chi connectivity index (χ1) is 9.24. The number of rotatable bonds is 3. The topological polar surface area (TPSA) is 27.7 Å². The molecule has 19 heavy (non-hydrogen) atoms. The summed E-state index contributed by atoms with van der Waals surface area (Å²) < 4.78 is 5.84. The SMILES string of the molecule is CN(C)CCN1CCOc2cc3c(cc21)NCCC3. The molecule has 4 nitrogen and oxygen atoms in total. The van der Waals surface area contributed by atoms with E-state index in [0.717, 1.165) is 45.0 Å². The highest BCUT2D eigenvalue weighted by Gasteiger charge is 2.21. The molecule has 0 radical (unpaired) electrons. The van der Waals surface area contributed by atoms with Gasteiger partial charge in [0, 0.05) is 25.3 Å². The van der Waals surface area contributed by atoms with Gasteiger partial charge in [0.1, 0.15) is 12.4 Å². The normalized spacial score (nSPS) is 17.5.